The monoisotopic (exact) mass is 438 g/mol. The molecule has 0 bridgehead atoms. The number of H-pyrrole nitrogens is 1. The highest BCUT2D eigenvalue weighted by molar-refractivity contribution is 6.30. The highest BCUT2D eigenvalue weighted by Gasteiger charge is 2.22. The zero-order valence-electron chi connectivity index (χ0n) is 15.9. The number of benzene rings is 2. The first kappa shape index (κ1) is 19.0. The molecule has 0 fully saturated rings. The third-order valence-electron chi connectivity index (χ3n) is 4.82. The lowest BCUT2D eigenvalue weighted by molar-refractivity contribution is 0.102. The summed E-state index contributed by atoms with van der Waals surface area (Å²) in [5.74, 6) is -0.173. The van der Waals surface area contributed by atoms with Gasteiger partial charge in [-0.25, -0.2) is 4.68 Å². The average Bonchev–Trinajstić information content (AvgIpc) is 3.18. The molecule has 0 radical (unpaired) electrons. The highest BCUT2D eigenvalue weighted by atomic mass is 35.5. The van der Waals surface area contributed by atoms with Crippen LogP contribution in [0.2, 0.25) is 5.02 Å². The topological polar surface area (TPSA) is 118 Å². The van der Waals surface area contributed by atoms with Gasteiger partial charge in [0.25, 0.3) is 11.5 Å². The van der Waals surface area contributed by atoms with Crippen LogP contribution in [0.15, 0.2) is 53.5 Å². The van der Waals surface area contributed by atoms with Gasteiger partial charge >= 0.3 is 0 Å². The molecule has 0 saturated heterocycles. The molecule has 3 heterocycles. The van der Waals surface area contributed by atoms with Crippen molar-refractivity contribution < 1.29 is 19.4 Å². The van der Waals surface area contributed by atoms with Crippen molar-refractivity contribution in [1.82, 2.24) is 14.8 Å². The van der Waals surface area contributed by atoms with Crippen LogP contribution >= 0.6 is 11.6 Å². The molecule has 0 saturated carbocycles. The summed E-state index contributed by atoms with van der Waals surface area (Å²) >= 11 is 5.92. The molecule has 31 heavy (non-hydrogen) atoms. The first-order chi connectivity index (χ1) is 15.0. The lowest BCUT2D eigenvalue weighted by Gasteiger charge is -2.19. The van der Waals surface area contributed by atoms with Gasteiger partial charge in [0.15, 0.2) is 11.5 Å². The number of anilines is 1. The first-order valence-corrected chi connectivity index (χ1v) is 9.69. The lowest BCUT2D eigenvalue weighted by Crippen LogP contribution is -2.24. The number of amides is 1. The van der Waals surface area contributed by atoms with Gasteiger partial charge in [-0.3, -0.25) is 9.59 Å². The Bertz CT molecular complexity index is 1380. The van der Waals surface area contributed by atoms with Crippen LogP contribution < -0.4 is 20.3 Å². The van der Waals surface area contributed by atoms with Gasteiger partial charge in [-0.1, -0.05) is 11.6 Å². The van der Waals surface area contributed by atoms with Crippen molar-refractivity contribution >= 4 is 34.2 Å². The second-order valence-electron chi connectivity index (χ2n) is 6.79. The van der Waals surface area contributed by atoms with Crippen molar-refractivity contribution in [3.8, 4) is 22.9 Å². The van der Waals surface area contributed by atoms with Gasteiger partial charge in [0.1, 0.15) is 30.2 Å². The standard InChI is InChI=1S/C21H15ClN4O5/c22-11-1-4-13(5-2-11)26-19-14(10-23-26)18(27)17(21(29)25-19)20(28)24-12-3-6-15-16(9-12)31-8-7-30-15/h1-6,9-10H,7-8H2,(H,24,28)(H2,25,27,29). The minimum atomic E-state index is -0.767. The van der Waals surface area contributed by atoms with E-state index in [1.165, 1.54) is 10.9 Å². The molecule has 1 aliphatic rings. The summed E-state index contributed by atoms with van der Waals surface area (Å²) in [6, 6.07) is 11.7. The number of carbonyl (C=O) groups is 1. The summed E-state index contributed by atoms with van der Waals surface area (Å²) < 4.78 is 12.4. The zero-order chi connectivity index (χ0) is 21.5. The number of hydrogen-bond acceptors (Lipinski definition) is 6. The lowest BCUT2D eigenvalue weighted by atomic mass is 10.2. The molecule has 1 aliphatic heterocycles. The second-order valence-corrected chi connectivity index (χ2v) is 7.22. The van der Waals surface area contributed by atoms with Gasteiger partial charge in [-0.15, -0.1) is 0 Å². The van der Waals surface area contributed by atoms with Crippen LogP contribution in [0.1, 0.15) is 10.4 Å². The molecule has 10 heteroatoms. The molecular weight excluding hydrogens is 424 g/mol. The Hall–Kier alpha value is -3.98. The number of ether oxygens (including phenoxy) is 2. The van der Waals surface area contributed by atoms with E-state index in [-0.39, 0.29) is 11.0 Å². The number of carbonyl (C=O) groups excluding carboxylic acids is 1. The highest BCUT2D eigenvalue weighted by Crippen LogP contribution is 2.33. The summed E-state index contributed by atoms with van der Waals surface area (Å²) in [7, 11) is 0. The Balaban J connectivity index is 1.51. The van der Waals surface area contributed by atoms with Crippen LogP contribution in [0.3, 0.4) is 0 Å². The third-order valence-corrected chi connectivity index (χ3v) is 5.07. The summed E-state index contributed by atoms with van der Waals surface area (Å²) in [5, 5.41) is 18.3. The molecule has 2 aromatic heterocycles. The summed E-state index contributed by atoms with van der Waals surface area (Å²) in [4.78, 5) is 28.1. The second kappa shape index (κ2) is 7.37. The quantitative estimate of drug-likeness (QED) is 0.452. The molecule has 9 nitrogen and oxygen atoms in total. The van der Waals surface area contributed by atoms with E-state index in [9.17, 15) is 14.7 Å². The van der Waals surface area contributed by atoms with Gasteiger partial charge in [0, 0.05) is 16.8 Å². The minimum absolute atomic E-state index is 0.224. The normalized spacial score (nSPS) is 12.7. The number of halogens is 1. The fraction of sp³-hybridized carbons (Fsp3) is 0.0952. The Morgan fingerprint density at radius 2 is 1.87 bits per heavy atom. The van der Waals surface area contributed by atoms with Crippen molar-refractivity contribution in [2.45, 2.75) is 0 Å². The summed E-state index contributed by atoms with van der Waals surface area (Å²) in [6.45, 7) is 0.852. The zero-order valence-corrected chi connectivity index (χ0v) is 16.6. The van der Waals surface area contributed by atoms with Gasteiger partial charge in [0.2, 0.25) is 0 Å². The Kier molecular flexibility index (Phi) is 4.52. The van der Waals surface area contributed by atoms with Gasteiger partial charge in [-0.05, 0) is 36.4 Å². The Morgan fingerprint density at radius 1 is 1.13 bits per heavy atom. The molecule has 2 aromatic carbocycles. The van der Waals surface area contributed by atoms with Crippen molar-refractivity contribution in [1.29, 1.82) is 0 Å². The van der Waals surface area contributed by atoms with E-state index in [1.807, 2.05) is 0 Å². The molecule has 1 amide bonds. The van der Waals surface area contributed by atoms with E-state index >= 15 is 0 Å². The van der Waals surface area contributed by atoms with E-state index in [2.05, 4.69) is 15.4 Å². The predicted octanol–water partition coefficient (Wildman–Crippen LogP) is 3.10. The summed E-state index contributed by atoms with van der Waals surface area (Å²) in [5.41, 5.74) is 0.0995. The van der Waals surface area contributed by atoms with Crippen LogP contribution in [-0.4, -0.2) is 39.0 Å². The number of aromatic hydroxyl groups is 1. The van der Waals surface area contributed by atoms with Gasteiger partial charge < -0.3 is 24.9 Å². The average molecular weight is 439 g/mol. The first-order valence-electron chi connectivity index (χ1n) is 9.31. The molecule has 156 valence electrons. The maximum atomic E-state index is 12.8. The maximum absolute atomic E-state index is 12.8. The van der Waals surface area contributed by atoms with E-state index < -0.39 is 22.8 Å². The van der Waals surface area contributed by atoms with Crippen LogP contribution in [0.4, 0.5) is 5.69 Å². The van der Waals surface area contributed by atoms with Crippen molar-refractivity contribution in [2.75, 3.05) is 18.5 Å². The Labute approximate surface area is 179 Å². The van der Waals surface area contributed by atoms with E-state index in [0.29, 0.717) is 41.1 Å². The fourth-order valence-corrected chi connectivity index (χ4v) is 3.48. The van der Waals surface area contributed by atoms with Crippen molar-refractivity contribution in [3.05, 3.63) is 69.6 Å². The maximum Gasteiger partial charge on any atom is 0.266 e. The minimum Gasteiger partial charge on any atom is -0.506 e. The number of aromatic amines is 1. The molecule has 0 atom stereocenters. The molecule has 4 aromatic rings. The fourth-order valence-electron chi connectivity index (χ4n) is 3.36. The van der Waals surface area contributed by atoms with Crippen LogP contribution in [0.25, 0.3) is 16.7 Å². The molecule has 0 aliphatic carbocycles. The number of pyridine rings is 1. The number of nitrogens with one attached hydrogen (secondary N) is 2. The molecule has 0 spiro atoms. The van der Waals surface area contributed by atoms with E-state index in [1.54, 1.807) is 42.5 Å². The van der Waals surface area contributed by atoms with Crippen LogP contribution in [-0.2, 0) is 0 Å². The van der Waals surface area contributed by atoms with Gasteiger partial charge in [-0.2, -0.15) is 5.10 Å². The van der Waals surface area contributed by atoms with Crippen molar-refractivity contribution in [2.24, 2.45) is 0 Å². The third kappa shape index (κ3) is 3.34. The van der Waals surface area contributed by atoms with E-state index in [0.717, 1.165) is 0 Å². The molecule has 5 rings (SSSR count). The molecular formula is C21H15ClN4O5. The van der Waals surface area contributed by atoms with Gasteiger partial charge in [0.05, 0.1) is 17.3 Å². The predicted molar refractivity (Wildman–Crippen MR) is 114 cm³/mol. The Morgan fingerprint density at radius 3 is 2.65 bits per heavy atom. The van der Waals surface area contributed by atoms with Crippen LogP contribution in [0, 0.1) is 0 Å². The molecule has 3 N–H and O–H groups in total. The summed E-state index contributed by atoms with van der Waals surface area (Å²) in [6.07, 6.45) is 1.37. The SMILES string of the molecule is O=C(Nc1ccc2c(c1)OCCO2)c1c(O)c2cnn(-c3ccc(Cl)cc3)c2[nH]c1=O. The van der Waals surface area contributed by atoms with Crippen LogP contribution in [0.5, 0.6) is 17.2 Å². The van der Waals surface area contributed by atoms with Crippen molar-refractivity contribution in [3.63, 3.8) is 0 Å². The molecule has 0 unspecified atom stereocenters. The number of fused-ring (bicyclic) bond motifs is 2. The van der Waals surface area contributed by atoms with E-state index in [4.69, 9.17) is 21.1 Å². The number of aromatic nitrogens is 3. The smallest absolute Gasteiger partial charge is 0.266 e. The largest absolute Gasteiger partial charge is 0.506 e. The number of hydrogen-bond donors (Lipinski definition) is 3. The number of nitrogens with zero attached hydrogens (tertiary/aromatic N) is 2. The number of rotatable bonds is 3.